The van der Waals surface area contributed by atoms with E-state index in [9.17, 15) is 4.79 Å². The van der Waals surface area contributed by atoms with Crippen LogP contribution in [0.3, 0.4) is 0 Å². The summed E-state index contributed by atoms with van der Waals surface area (Å²) in [6, 6.07) is 0. The van der Waals surface area contributed by atoms with Gasteiger partial charge in [-0.2, -0.15) is 0 Å². The lowest BCUT2D eigenvalue weighted by atomic mass is 10.3. The molecule has 0 radical (unpaired) electrons. The fourth-order valence-corrected chi connectivity index (χ4v) is 1.95. The molecule has 1 rings (SSSR count). The molecule has 1 aromatic heterocycles. The van der Waals surface area contributed by atoms with Gasteiger partial charge in [0.1, 0.15) is 0 Å². The lowest BCUT2D eigenvalue weighted by Gasteiger charge is -2.00. The van der Waals surface area contributed by atoms with Crippen molar-refractivity contribution in [1.29, 1.82) is 0 Å². The van der Waals surface area contributed by atoms with Crippen LogP contribution in [0, 0.1) is 6.92 Å². The minimum Gasteiger partial charge on any atom is -0.450 e. The zero-order chi connectivity index (χ0) is 10.6. The summed E-state index contributed by atoms with van der Waals surface area (Å²) >= 11 is 1.47. The van der Waals surface area contributed by atoms with Crippen molar-refractivity contribution in [1.82, 2.24) is 4.98 Å². The van der Waals surface area contributed by atoms with Crippen LogP contribution in [-0.2, 0) is 11.2 Å². The van der Waals surface area contributed by atoms with Crippen LogP contribution >= 0.6 is 11.3 Å². The predicted molar refractivity (Wildman–Crippen MR) is 56.9 cm³/mol. The first-order valence-electron chi connectivity index (χ1n) is 4.57. The van der Waals surface area contributed by atoms with Gasteiger partial charge >= 0.3 is 6.09 Å². The molecule has 0 saturated heterocycles. The normalized spacial score (nSPS) is 9.93. The van der Waals surface area contributed by atoms with Crippen molar-refractivity contribution in [2.75, 3.05) is 11.9 Å². The van der Waals surface area contributed by atoms with Crippen molar-refractivity contribution in [3.63, 3.8) is 0 Å². The molecule has 0 spiro atoms. The summed E-state index contributed by atoms with van der Waals surface area (Å²) in [6.45, 7) is 6.17. The topological polar surface area (TPSA) is 51.2 Å². The number of thiazole rings is 1. The summed E-state index contributed by atoms with van der Waals surface area (Å²) in [5.74, 6) is 0. The second-order valence-electron chi connectivity index (χ2n) is 2.72. The third kappa shape index (κ3) is 2.70. The number of aromatic nitrogens is 1. The highest BCUT2D eigenvalue weighted by atomic mass is 32.1. The minimum absolute atomic E-state index is 0.372. The van der Waals surface area contributed by atoms with E-state index in [-0.39, 0.29) is 0 Å². The first kappa shape index (κ1) is 11.0. The Kier molecular flexibility index (Phi) is 3.88. The molecule has 4 nitrogen and oxygen atoms in total. The summed E-state index contributed by atoms with van der Waals surface area (Å²) in [5, 5.41) is 3.19. The number of hydrogen-bond acceptors (Lipinski definition) is 4. The van der Waals surface area contributed by atoms with Crippen molar-refractivity contribution in [2.24, 2.45) is 0 Å². The lowest BCUT2D eigenvalue weighted by molar-refractivity contribution is 0.168. The Labute approximate surface area is 87.3 Å². The van der Waals surface area contributed by atoms with Gasteiger partial charge in [0.25, 0.3) is 0 Å². The number of amides is 1. The molecule has 0 atom stereocenters. The monoisotopic (exact) mass is 214 g/mol. The maximum atomic E-state index is 11.1. The van der Waals surface area contributed by atoms with Crippen LogP contribution in [0.15, 0.2) is 0 Å². The van der Waals surface area contributed by atoms with Crippen LogP contribution in [0.25, 0.3) is 0 Å². The molecule has 0 saturated carbocycles. The summed E-state index contributed by atoms with van der Waals surface area (Å²) < 4.78 is 4.75. The molecular weight excluding hydrogens is 200 g/mol. The fourth-order valence-electron chi connectivity index (χ4n) is 1.06. The number of anilines is 1. The van der Waals surface area contributed by atoms with Gasteiger partial charge in [-0.1, -0.05) is 6.92 Å². The molecular formula is C9H14N2O2S. The molecule has 14 heavy (non-hydrogen) atoms. The number of carbonyl (C=O) groups excluding carboxylic acids is 1. The summed E-state index contributed by atoms with van der Waals surface area (Å²) in [5.41, 5.74) is 1.03. The van der Waals surface area contributed by atoms with Crippen LogP contribution in [0.2, 0.25) is 0 Å². The molecule has 0 aromatic carbocycles. The summed E-state index contributed by atoms with van der Waals surface area (Å²) in [6.07, 6.45) is 0.441. The van der Waals surface area contributed by atoms with E-state index in [0.717, 1.165) is 17.0 Å². The zero-order valence-corrected chi connectivity index (χ0v) is 9.40. The van der Waals surface area contributed by atoms with Crippen LogP contribution < -0.4 is 5.32 Å². The second-order valence-corrected chi connectivity index (χ2v) is 3.92. The molecule has 5 heteroatoms. The number of hydrogen-bond donors (Lipinski definition) is 1. The van der Waals surface area contributed by atoms with E-state index in [1.807, 2.05) is 13.8 Å². The maximum Gasteiger partial charge on any atom is 0.413 e. The van der Waals surface area contributed by atoms with Gasteiger partial charge in [0.2, 0.25) is 0 Å². The summed E-state index contributed by atoms with van der Waals surface area (Å²) in [7, 11) is 0. The zero-order valence-electron chi connectivity index (χ0n) is 8.59. The van der Waals surface area contributed by atoms with Gasteiger partial charge in [-0.05, 0) is 20.3 Å². The van der Waals surface area contributed by atoms with Crippen molar-refractivity contribution < 1.29 is 9.53 Å². The molecule has 0 bridgehead atoms. The molecule has 1 N–H and O–H groups in total. The van der Waals surface area contributed by atoms with E-state index in [1.54, 1.807) is 6.92 Å². The Morgan fingerprint density at radius 2 is 2.29 bits per heavy atom. The smallest absolute Gasteiger partial charge is 0.413 e. The number of rotatable bonds is 3. The largest absolute Gasteiger partial charge is 0.450 e. The van der Waals surface area contributed by atoms with Gasteiger partial charge in [-0.15, -0.1) is 11.3 Å². The highest BCUT2D eigenvalue weighted by Gasteiger charge is 2.08. The summed E-state index contributed by atoms with van der Waals surface area (Å²) in [4.78, 5) is 16.4. The fraction of sp³-hybridized carbons (Fsp3) is 0.556. The van der Waals surface area contributed by atoms with Gasteiger partial charge in [-0.25, -0.2) is 9.78 Å². The molecule has 1 aromatic rings. The van der Waals surface area contributed by atoms with Crippen LogP contribution in [0.4, 0.5) is 9.93 Å². The molecule has 0 aliphatic carbocycles. The number of nitrogens with zero attached hydrogens (tertiary/aromatic N) is 1. The highest BCUT2D eigenvalue weighted by Crippen LogP contribution is 2.22. The second kappa shape index (κ2) is 4.95. The molecule has 0 aliphatic rings. The van der Waals surface area contributed by atoms with Crippen LogP contribution in [0.1, 0.15) is 24.4 Å². The third-order valence-corrected chi connectivity index (χ3v) is 2.64. The van der Waals surface area contributed by atoms with E-state index in [2.05, 4.69) is 10.3 Å². The Bertz CT molecular complexity index is 323. The average Bonchev–Trinajstić information content (AvgIpc) is 2.46. The van der Waals surface area contributed by atoms with Crippen LogP contribution in [-0.4, -0.2) is 17.7 Å². The average molecular weight is 214 g/mol. The van der Waals surface area contributed by atoms with E-state index < -0.39 is 6.09 Å². The Morgan fingerprint density at radius 3 is 2.79 bits per heavy atom. The standard InChI is InChI=1S/C9H14N2O2S/c1-4-7-6(3)14-8(10-7)11-9(12)13-5-2/h4-5H2,1-3H3,(H,10,11,12). The molecule has 0 fully saturated rings. The minimum atomic E-state index is -0.441. The van der Waals surface area contributed by atoms with Crippen molar-refractivity contribution in [3.05, 3.63) is 10.6 Å². The van der Waals surface area contributed by atoms with E-state index in [4.69, 9.17) is 4.74 Å². The van der Waals surface area contributed by atoms with Crippen LogP contribution in [0.5, 0.6) is 0 Å². The van der Waals surface area contributed by atoms with Crippen molar-refractivity contribution in [3.8, 4) is 0 Å². The van der Waals surface area contributed by atoms with E-state index in [1.165, 1.54) is 11.3 Å². The number of aryl methyl sites for hydroxylation is 2. The highest BCUT2D eigenvalue weighted by molar-refractivity contribution is 7.15. The number of carbonyl (C=O) groups is 1. The van der Waals surface area contributed by atoms with E-state index >= 15 is 0 Å². The number of ether oxygens (including phenoxy) is 1. The van der Waals surface area contributed by atoms with Gasteiger partial charge in [0.15, 0.2) is 5.13 Å². The predicted octanol–water partition coefficient (Wildman–Crippen LogP) is 2.58. The number of nitrogens with one attached hydrogen (secondary N) is 1. The molecule has 0 aliphatic heterocycles. The molecule has 78 valence electrons. The Morgan fingerprint density at radius 1 is 1.57 bits per heavy atom. The van der Waals surface area contributed by atoms with Crippen molar-refractivity contribution >= 4 is 22.6 Å². The molecule has 1 heterocycles. The maximum absolute atomic E-state index is 11.1. The lowest BCUT2D eigenvalue weighted by Crippen LogP contribution is -2.12. The SMILES string of the molecule is CCOC(=O)Nc1nc(CC)c(C)s1. The first-order valence-corrected chi connectivity index (χ1v) is 5.39. The first-order chi connectivity index (χ1) is 6.67. The Hall–Kier alpha value is -1.10. The Balaban J connectivity index is 2.63. The quantitative estimate of drug-likeness (QED) is 0.841. The van der Waals surface area contributed by atoms with Gasteiger partial charge in [-0.3, -0.25) is 5.32 Å². The van der Waals surface area contributed by atoms with Crippen molar-refractivity contribution in [2.45, 2.75) is 27.2 Å². The van der Waals surface area contributed by atoms with Gasteiger partial charge in [0, 0.05) is 4.88 Å². The van der Waals surface area contributed by atoms with E-state index in [0.29, 0.717) is 11.7 Å². The molecule has 1 amide bonds. The third-order valence-electron chi connectivity index (χ3n) is 1.71. The van der Waals surface area contributed by atoms with Gasteiger partial charge in [0.05, 0.1) is 12.3 Å². The van der Waals surface area contributed by atoms with Gasteiger partial charge < -0.3 is 4.74 Å². The molecule has 0 unspecified atom stereocenters.